The average molecular weight is 318 g/mol. The molecule has 21 heavy (non-hydrogen) atoms. The van der Waals surface area contributed by atoms with Crippen molar-refractivity contribution in [3.8, 4) is 0 Å². The molecule has 2 unspecified atom stereocenters. The van der Waals surface area contributed by atoms with Gasteiger partial charge in [0.2, 0.25) is 11.1 Å². The predicted molar refractivity (Wildman–Crippen MR) is 72.2 cm³/mol. The fraction of sp³-hybridized carbons (Fsp3) is 0.455. The second-order valence-electron chi connectivity index (χ2n) is 4.77. The minimum absolute atomic E-state index is 0.103. The molecule has 3 heterocycles. The minimum atomic E-state index is -2.61. The number of nitrogens with zero attached hydrogens (tertiary/aromatic N) is 3. The van der Waals surface area contributed by atoms with Crippen LogP contribution in [-0.2, 0) is 4.74 Å². The zero-order chi connectivity index (χ0) is 15.4. The van der Waals surface area contributed by atoms with Gasteiger partial charge in [-0.25, -0.2) is 8.91 Å². The number of nitrogens with two attached hydrogens (primary N) is 2. The summed E-state index contributed by atoms with van der Waals surface area (Å²) in [5, 5.41) is 20.2. The fourth-order valence-electron chi connectivity index (χ4n) is 2.41. The molecule has 2 aromatic rings. The molecule has 4 atom stereocenters. The second-order valence-corrected chi connectivity index (χ2v) is 5.35. The first-order valence-electron chi connectivity index (χ1n) is 6.09. The van der Waals surface area contributed by atoms with Gasteiger partial charge in [-0.05, 0) is 12.1 Å². The molecule has 0 bridgehead atoms. The molecule has 0 saturated carbocycles. The number of fused-ring (bicyclic) bond motifs is 1. The number of hydrogen-bond acceptors (Lipinski definition) is 7. The zero-order valence-electron chi connectivity index (χ0n) is 10.6. The molecule has 0 radical (unpaired) electrons. The molecule has 2 aromatic heterocycles. The quantitative estimate of drug-likeness (QED) is 0.554. The van der Waals surface area contributed by atoms with Crippen molar-refractivity contribution in [2.45, 2.75) is 23.4 Å². The molecule has 0 aromatic carbocycles. The predicted octanol–water partition coefficient (Wildman–Crippen LogP) is -0.409. The van der Waals surface area contributed by atoms with E-state index in [1.54, 1.807) is 6.07 Å². The molecule has 0 amide bonds. The van der Waals surface area contributed by atoms with Crippen LogP contribution in [0.5, 0.6) is 0 Å². The molecule has 1 saturated heterocycles. The third-order valence-corrected chi connectivity index (χ3v) is 3.86. The van der Waals surface area contributed by atoms with Gasteiger partial charge in [-0.2, -0.15) is 4.98 Å². The van der Waals surface area contributed by atoms with E-state index in [9.17, 15) is 9.50 Å². The summed E-state index contributed by atoms with van der Waals surface area (Å²) in [7, 11) is 0. The summed E-state index contributed by atoms with van der Waals surface area (Å²) in [4.78, 5) is 3.79. The van der Waals surface area contributed by atoms with E-state index in [1.165, 1.54) is 10.6 Å². The number of aliphatic hydroxyl groups is 2. The van der Waals surface area contributed by atoms with Gasteiger partial charge in [0.1, 0.15) is 17.7 Å². The Kier molecular flexibility index (Phi) is 3.17. The lowest BCUT2D eigenvalue weighted by Gasteiger charge is -2.21. The lowest BCUT2D eigenvalue weighted by molar-refractivity contribution is -0.0242. The second kappa shape index (κ2) is 4.67. The molecule has 1 aliphatic heterocycles. The lowest BCUT2D eigenvalue weighted by atomic mass is 10.1. The molecule has 3 rings (SSSR count). The van der Waals surface area contributed by atoms with Crippen LogP contribution < -0.4 is 11.5 Å². The monoisotopic (exact) mass is 317 g/mol. The van der Waals surface area contributed by atoms with E-state index >= 15 is 0 Å². The van der Waals surface area contributed by atoms with Crippen molar-refractivity contribution < 1.29 is 19.3 Å². The van der Waals surface area contributed by atoms with Crippen LogP contribution in [0.15, 0.2) is 12.1 Å². The van der Waals surface area contributed by atoms with Crippen molar-refractivity contribution >= 4 is 28.9 Å². The maximum absolute atomic E-state index is 14.6. The molecule has 6 N–H and O–H groups in total. The van der Waals surface area contributed by atoms with Crippen molar-refractivity contribution in [1.82, 2.24) is 14.6 Å². The maximum atomic E-state index is 14.6. The van der Waals surface area contributed by atoms with Gasteiger partial charge in [0.05, 0.1) is 12.3 Å². The first kappa shape index (κ1) is 14.3. The van der Waals surface area contributed by atoms with Gasteiger partial charge >= 0.3 is 0 Å². The number of halogens is 2. The molecule has 1 fully saturated rings. The summed E-state index contributed by atoms with van der Waals surface area (Å²) in [6, 6.07) is 3.05. The molecular formula is C11H13ClFN5O3. The summed E-state index contributed by atoms with van der Waals surface area (Å²) in [5.74, 6) is 0.0127. The van der Waals surface area contributed by atoms with E-state index in [0.717, 1.165) is 0 Å². The van der Waals surface area contributed by atoms with E-state index in [0.29, 0.717) is 5.52 Å². The van der Waals surface area contributed by atoms with Gasteiger partial charge < -0.3 is 26.4 Å². The van der Waals surface area contributed by atoms with Crippen molar-refractivity contribution in [2.75, 3.05) is 18.1 Å². The third-order valence-electron chi connectivity index (χ3n) is 3.44. The SMILES string of the molecule is Nc1nc(N)c2ccc([C@@H]3O[C@H](CO)C(O)C3(F)Cl)n2n1. The maximum Gasteiger partial charge on any atom is 0.243 e. The Balaban J connectivity index is 2.13. The Labute approximate surface area is 123 Å². The van der Waals surface area contributed by atoms with E-state index in [4.69, 9.17) is 32.9 Å². The first-order chi connectivity index (χ1) is 9.86. The lowest BCUT2D eigenvalue weighted by Crippen LogP contribution is -2.37. The van der Waals surface area contributed by atoms with Crippen LogP contribution in [0, 0.1) is 0 Å². The highest BCUT2D eigenvalue weighted by Crippen LogP contribution is 2.47. The molecule has 114 valence electrons. The van der Waals surface area contributed by atoms with E-state index in [1.807, 2.05) is 0 Å². The summed E-state index contributed by atoms with van der Waals surface area (Å²) in [5.41, 5.74) is 11.8. The Morgan fingerprint density at radius 3 is 2.81 bits per heavy atom. The van der Waals surface area contributed by atoms with Crippen molar-refractivity contribution in [3.63, 3.8) is 0 Å². The number of hydrogen-bond donors (Lipinski definition) is 4. The molecule has 0 spiro atoms. The van der Waals surface area contributed by atoms with Gasteiger partial charge in [0.15, 0.2) is 11.9 Å². The van der Waals surface area contributed by atoms with Crippen LogP contribution in [0.25, 0.3) is 5.52 Å². The van der Waals surface area contributed by atoms with Crippen LogP contribution >= 0.6 is 11.6 Å². The molecular weight excluding hydrogens is 305 g/mol. The summed E-state index contributed by atoms with van der Waals surface area (Å²) >= 11 is 5.76. The first-order valence-corrected chi connectivity index (χ1v) is 6.47. The highest BCUT2D eigenvalue weighted by molar-refractivity contribution is 6.24. The highest BCUT2D eigenvalue weighted by Gasteiger charge is 2.57. The van der Waals surface area contributed by atoms with Crippen LogP contribution in [0.2, 0.25) is 0 Å². The number of anilines is 2. The van der Waals surface area contributed by atoms with Crippen LogP contribution in [0.3, 0.4) is 0 Å². The van der Waals surface area contributed by atoms with Gasteiger partial charge in [-0.15, -0.1) is 5.10 Å². The fourth-order valence-corrected chi connectivity index (χ4v) is 2.71. The smallest absolute Gasteiger partial charge is 0.243 e. The van der Waals surface area contributed by atoms with Crippen LogP contribution in [-0.4, -0.2) is 48.8 Å². The summed E-state index contributed by atoms with van der Waals surface area (Å²) in [6.07, 6.45) is -4.17. The molecule has 1 aliphatic rings. The zero-order valence-corrected chi connectivity index (χ0v) is 11.4. The number of nitrogen functional groups attached to an aromatic ring is 2. The van der Waals surface area contributed by atoms with Gasteiger partial charge in [0, 0.05) is 0 Å². The normalized spacial score (nSPS) is 32.9. The summed E-state index contributed by atoms with van der Waals surface area (Å²) in [6.45, 7) is -0.571. The summed E-state index contributed by atoms with van der Waals surface area (Å²) < 4.78 is 21.1. The number of aromatic nitrogens is 3. The minimum Gasteiger partial charge on any atom is -0.394 e. The number of aliphatic hydroxyl groups excluding tert-OH is 2. The van der Waals surface area contributed by atoms with Gasteiger partial charge in [0.25, 0.3) is 0 Å². The number of ether oxygens (including phenoxy) is 1. The molecule has 0 aliphatic carbocycles. The molecule has 10 heteroatoms. The Morgan fingerprint density at radius 2 is 2.19 bits per heavy atom. The average Bonchev–Trinajstić information content (AvgIpc) is 2.91. The number of rotatable bonds is 2. The van der Waals surface area contributed by atoms with E-state index < -0.39 is 30.0 Å². The van der Waals surface area contributed by atoms with Gasteiger partial charge in [-0.3, -0.25) is 0 Å². The Morgan fingerprint density at radius 1 is 1.48 bits per heavy atom. The van der Waals surface area contributed by atoms with Crippen LogP contribution in [0.4, 0.5) is 16.2 Å². The topological polar surface area (TPSA) is 132 Å². The van der Waals surface area contributed by atoms with Crippen molar-refractivity contribution in [1.29, 1.82) is 0 Å². The molecule has 8 nitrogen and oxygen atoms in total. The Bertz CT molecular complexity index is 694. The Hall–Kier alpha value is -1.68. The number of alkyl halides is 2. The standard InChI is InChI=1S/C11H13ClFN5O3/c12-11(13)7(20)6(3-19)21-8(11)4-1-2-5-9(14)16-10(15)17-18(4)5/h1-2,6-8,19-20H,3H2,(H4,14,15,16,17)/t6-,7?,8+,11?/m1/s1. The van der Waals surface area contributed by atoms with Crippen LogP contribution in [0.1, 0.15) is 11.8 Å². The third kappa shape index (κ3) is 2.01. The van der Waals surface area contributed by atoms with Crippen molar-refractivity contribution in [2.24, 2.45) is 0 Å². The van der Waals surface area contributed by atoms with E-state index in [-0.39, 0.29) is 17.5 Å². The van der Waals surface area contributed by atoms with Gasteiger partial charge in [-0.1, -0.05) is 11.6 Å². The van der Waals surface area contributed by atoms with E-state index in [2.05, 4.69) is 10.1 Å². The highest BCUT2D eigenvalue weighted by atomic mass is 35.5. The van der Waals surface area contributed by atoms with Crippen molar-refractivity contribution in [3.05, 3.63) is 17.8 Å². The largest absolute Gasteiger partial charge is 0.394 e.